The Kier molecular flexibility index (Phi) is 8.45. The number of ether oxygens (including phenoxy) is 1. The van der Waals surface area contributed by atoms with Gasteiger partial charge in [0.05, 0.1) is 22.9 Å². The number of ketones is 1. The number of rotatable bonds is 7. The lowest BCUT2D eigenvalue weighted by atomic mass is 9.34. The van der Waals surface area contributed by atoms with Crippen LogP contribution in [-0.2, 0) is 19.1 Å². The number of carboxylic acids is 1. The molecule has 4 fully saturated rings. The second-order valence-corrected chi connectivity index (χ2v) is 19.0. The van der Waals surface area contributed by atoms with E-state index in [9.17, 15) is 24.3 Å². The minimum Gasteiger partial charge on any atom is -0.481 e. The lowest BCUT2D eigenvalue weighted by Gasteiger charge is -2.70. The highest BCUT2D eigenvalue weighted by Crippen LogP contribution is 2.75. The van der Waals surface area contributed by atoms with E-state index in [-0.39, 0.29) is 57.7 Å². The molecule has 6 rings (SSSR count). The zero-order valence-electron chi connectivity index (χ0n) is 30.5. The summed E-state index contributed by atoms with van der Waals surface area (Å²) in [6.45, 7) is 19.4. The Hall–Kier alpha value is -2.55. The van der Waals surface area contributed by atoms with Crippen molar-refractivity contribution >= 4 is 35.0 Å². The lowest BCUT2D eigenvalue weighted by Crippen LogP contribution is -2.65. The van der Waals surface area contributed by atoms with Gasteiger partial charge in [-0.2, -0.15) is 0 Å². The van der Waals surface area contributed by atoms with Crippen molar-refractivity contribution < 1.29 is 29.0 Å². The fourth-order valence-electron chi connectivity index (χ4n) is 12.1. The molecule has 0 aromatic carbocycles. The maximum Gasteiger partial charge on any atom is 0.309 e. The molecule has 1 heterocycles. The molecule has 1 aromatic rings. The molecule has 0 bridgehead atoms. The van der Waals surface area contributed by atoms with Crippen LogP contribution in [0.2, 0.25) is 0 Å². The van der Waals surface area contributed by atoms with Gasteiger partial charge < -0.3 is 15.2 Å². The van der Waals surface area contributed by atoms with Gasteiger partial charge in [0.25, 0.3) is 5.91 Å². The minimum absolute atomic E-state index is 0.0161. The number of Topliss-reactive ketones (excluding diaryl/α,β-unsaturated/α-hetero) is 1. The van der Waals surface area contributed by atoms with E-state index < -0.39 is 22.9 Å². The van der Waals surface area contributed by atoms with Crippen LogP contribution in [0, 0.1) is 50.7 Å². The first-order valence-corrected chi connectivity index (χ1v) is 19.1. The average molecular weight is 681 g/mol. The lowest BCUT2D eigenvalue weighted by molar-refractivity contribution is -0.214. The largest absolute Gasteiger partial charge is 0.481 e. The highest BCUT2D eigenvalue weighted by atomic mass is 32.1. The van der Waals surface area contributed by atoms with Gasteiger partial charge in [-0.25, -0.2) is 4.98 Å². The van der Waals surface area contributed by atoms with Crippen LogP contribution in [0.25, 0.3) is 0 Å². The number of carboxylic acid groups (broad SMARTS) is 1. The van der Waals surface area contributed by atoms with Crippen molar-refractivity contribution in [1.29, 1.82) is 0 Å². The molecule has 0 saturated heterocycles. The van der Waals surface area contributed by atoms with Crippen molar-refractivity contribution in [3.63, 3.8) is 0 Å². The van der Waals surface area contributed by atoms with E-state index in [0.29, 0.717) is 24.0 Å². The number of hydrogen-bond acceptors (Lipinski definition) is 7. The van der Waals surface area contributed by atoms with Crippen LogP contribution in [0.15, 0.2) is 22.0 Å². The van der Waals surface area contributed by atoms with Gasteiger partial charge in [0.2, 0.25) is 0 Å². The van der Waals surface area contributed by atoms with Crippen LogP contribution in [0.3, 0.4) is 0 Å². The summed E-state index contributed by atoms with van der Waals surface area (Å²) in [4.78, 5) is 56.4. The van der Waals surface area contributed by atoms with E-state index >= 15 is 0 Å². The third-order valence-electron chi connectivity index (χ3n) is 14.7. The Morgan fingerprint density at radius 2 is 1.75 bits per heavy atom. The van der Waals surface area contributed by atoms with Gasteiger partial charge in [0, 0.05) is 23.1 Å². The molecule has 5 aliphatic rings. The molecular weight excluding hydrogens is 625 g/mol. The number of nitrogens with zero attached hydrogens (tertiary/aromatic N) is 1. The number of carbonyl (C=O) groups excluding carboxylic acids is 3. The van der Waals surface area contributed by atoms with Crippen molar-refractivity contribution in [1.82, 2.24) is 10.3 Å². The molecule has 0 spiro atoms. The quantitative estimate of drug-likeness (QED) is 0.221. The predicted molar refractivity (Wildman–Crippen MR) is 185 cm³/mol. The van der Waals surface area contributed by atoms with E-state index in [1.165, 1.54) is 22.5 Å². The van der Waals surface area contributed by atoms with Gasteiger partial charge in [0.15, 0.2) is 0 Å². The van der Waals surface area contributed by atoms with Crippen molar-refractivity contribution in [2.75, 3.05) is 0 Å². The molecular formula is C39H56N2O6S. The molecule has 8 nitrogen and oxygen atoms in total. The minimum atomic E-state index is -1.17. The van der Waals surface area contributed by atoms with Crippen LogP contribution in [-0.4, -0.2) is 45.4 Å². The van der Waals surface area contributed by atoms with E-state index in [1.54, 1.807) is 24.7 Å². The van der Waals surface area contributed by atoms with Crippen molar-refractivity contribution in [2.24, 2.45) is 50.7 Å². The summed E-state index contributed by atoms with van der Waals surface area (Å²) < 4.78 is 6.13. The zero-order chi connectivity index (χ0) is 35.2. The number of nitrogens with one attached hydrogen (secondary N) is 1. The second-order valence-electron chi connectivity index (χ2n) is 18.3. The smallest absolute Gasteiger partial charge is 0.309 e. The molecule has 4 saturated carbocycles. The van der Waals surface area contributed by atoms with Gasteiger partial charge in [0.1, 0.15) is 17.6 Å². The van der Waals surface area contributed by atoms with E-state index in [2.05, 4.69) is 58.8 Å². The zero-order valence-corrected chi connectivity index (χ0v) is 31.3. The number of esters is 1. The number of hydrogen-bond donors (Lipinski definition) is 2. The molecule has 48 heavy (non-hydrogen) atoms. The van der Waals surface area contributed by atoms with E-state index in [0.717, 1.165) is 51.4 Å². The molecule has 2 N–H and O–H groups in total. The van der Waals surface area contributed by atoms with Gasteiger partial charge >= 0.3 is 11.9 Å². The Morgan fingerprint density at radius 1 is 1.04 bits per heavy atom. The summed E-state index contributed by atoms with van der Waals surface area (Å²) in [6.07, 6.45) is 7.45. The van der Waals surface area contributed by atoms with Crippen molar-refractivity contribution in [2.45, 2.75) is 138 Å². The number of aliphatic carboxylic acids is 1. The van der Waals surface area contributed by atoms with Crippen LogP contribution < -0.4 is 5.32 Å². The Bertz CT molecular complexity index is 1540. The third-order valence-corrected chi connectivity index (χ3v) is 15.3. The fraction of sp³-hybridized carbons (Fsp3) is 0.769. The normalized spacial score (nSPS) is 38.8. The van der Waals surface area contributed by atoms with E-state index in [4.69, 9.17) is 4.74 Å². The number of amides is 1. The molecule has 5 aliphatic carbocycles. The number of fused-ring (bicyclic) bond motifs is 6. The maximum absolute atomic E-state index is 13.9. The van der Waals surface area contributed by atoms with Gasteiger partial charge in [-0.1, -0.05) is 54.0 Å². The van der Waals surface area contributed by atoms with Gasteiger partial charge in [-0.3, -0.25) is 19.2 Å². The summed E-state index contributed by atoms with van der Waals surface area (Å²) in [5.74, 6) is -0.566. The van der Waals surface area contributed by atoms with Crippen LogP contribution in [0.1, 0.15) is 137 Å². The third kappa shape index (κ3) is 5.06. The standard InChI is InChI=1S/C39H56N2O6S/c1-22(2)30-25(42)18-39(41-32(44)24-20-48-21-40-24)17-16-37(8)23(31(30)39)10-11-27-36(7)14-13-28(47-29(43)19-34(3,4)33(45)46)35(5,6)26(36)12-15-38(27,37)9/h20-22,26-28,30H,10-19H2,1-9H3,(H,41,44)(H,45,46)/t26?,27?,28-,30?,36-,37+,38+,39+/m0/s1. The highest BCUT2D eigenvalue weighted by molar-refractivity contribution is 7.07. The Balaban J connectivity index is 1.33. The van der Waals surface area contributed by atoms with Crippen LogP contribution >= 0.6 is 11.3 Å². The SMILES string of the molecule is CC(C)C1C(=O)C[C@]2(NC(=O)c3cscn3)CC[C@]3(C)C(=C12)CCC1[C@@]2(C)CC[C@H](OC(=O)CC(C)(C)C(=O)O)C(C)(C)C2CC[C@]13C. The van der Waals surface area contributed by atoms with Crippen molar-refractivity contribution in [3.05, 3.63) is 27.7 Å². The monoisotopic (exact) mass is 680 g/mol. The molecule has 1 amide bonds. The molecule has 3 unspecified atom stereocenters. The van der Waals surface area contributed by atoms with E-state index in [1.807, 2.05) is 0 Å². The highest BCUT2D eigenvalue weighted by Gasteiger charge is 2.69. The van der Waals surface area contributed by atoms with Gasteiger partial charge in [-0.15, -0.1) is 11.3 Å². The topological polar surface area (TPSA) is 123 Å². The molecule has 9 heteroatoms. The molecule has 0 aliphatic heterocycles. The maximum atomic E-state index is 13.9. The summed E-state index contributed by atoms with van der Waals surface area (Å²) in [5, 5.41) is 14.8. The Morgan fingerprint density at radius 3 is 2.38 bits per heavy atom. The number of thiazole rings is 1. The molecule has 0 radical (unpaired) electrons. The number of carbonyl (C=O) groups is 4. The number of allylic oxidation sites excluding steroid dienone is 1. The van der Waals surface area contributed by atoms with Crippen LogP contribution in [0.5, 0.6) is 0 Å². The van der Waals surface area contributed by atoms with Crippen molar-refractivity contribution in [3.8, 4) is 0 Å². The first kappa shape index (κ1) is 35.3. The first-order valence-electron chi connectivity index (χ1n) is 18.1. The fourth-order valence-corrected chi connectivity index (χ4v) is 12.6. The number of aromatic nitrogens is 1. The molecule has 8 atom stereocenters. The average Bonchev–Trinajstić information content (AvgIpc) is 3.61. The molecule has 1 aromatic heterocycles. The Labute approximate surface area is 290 Å². The second kappa shape index (κ2) is 11.5. The molecule has 264 valence electrons. The van der Waals surface area contributed by atoms with Gasteiger partial charge in [-0.05, 0) is 105 Å². The summed E-state index contributed by atoms with van der Waals surface area (Å²) >= 11 is 1.41. The summed E-state index contributed by atoms with van der Waals surface area (Å²) in [6, 6.07) is 0. The first-order chi connectivity index (χ1) is 22.2. The summed E-state index contributed by atoms with van der Waals surface area (Å²) in [7, 11) is 0. The summed E-state index contributed by atoms with van der Waals surface area (Å²) in [5.41, 5.74) is 2.65. The predicted octanol–water partition coefficient (Wildman–Crippen LogP) is 8.02. The van der Waals surface area contributed by atoms with Crippen LogP contribution in [0.4, 0.5) is 0 Å².